The van der Waals surface area contributed by atoms with Gasteiger partial charge in [0.05, 0.1) is 6.10 Å². The molecule has 1 heterocycles. The van der Waals surface area contributed by atoms with Crippen LogP contribution in [0.4, 0.5) is 0 Å². The standard InChI is InChI=1S/C15H21BrN2O2.ClH/c16-13-4-2-12(3-5-13)15(19)18-9-6-14(7-10-18)20-11-1-8-17;/h2-5,14H,1,6-11,17H2;1H. The second kappa shape index (κ2) is 9.41. The number of hydrogen-bond donors (Lipinski definition) is 1. The molecule has 1 aliphatic rings. The van der Waals surface area contributed by atoms with Crippen LogP contribution in [0.15, 0.2) is 28.7 Å². The van der Waals surface area contributed by atoms with Gasteiger partial charge in [-0.25, -0.2) is 0 Å². The molecule has 0 saturated carbocycles. The number of carbonyl (C=O) groups excluding carboxylic acids is 1. The van der Waals surface area contributed by atoms with Crippen LogP contribution in [-0.4, -0.2) is 43.2 Å². The first kappa shape index (κ1) is 18.4. The molecule has 6 heteroatoms. The van der Waals surface area contributed by atoms with Gasteiger partial charge in [0.25, 0.3) is 5.91 Å². The van der Waals surface area contributed by atoms with Gasteiger partial charge in [-0.2, -0.15) is 0 Å². The number of piperidine rings is 1. The van der Waals surface area contributed by atoms with Gasteiger partial charge in [-0.3, -0.25) is 4.79 Å². The zero-order chi connectivity index (χ0) is 14.4. The molecule has 2 rings (SSSR count). The number of halogens is 2. The molecule has 1 saturated heterocycles. The fourth-order valence-corrected chi connectivity index (χ4v) is 2.60. The highest BCUT2D eigenvalue weighted by Gasteiger charge is 2.23. The molecule has 118 valence electrons. The van der Waals surface area contributed by atoms with Crippen molar-refractivity contribution < 1.29 is 9.53 Å². The van der Waals surface area contributed by atoms with E-state index in [9.17, 15) is 4.79 Å². The van der Waals surface area contributed by atoms with Gasteiger partial charge < -0.3 is 15.4 Å². The predicted octanol–water partition coefficient (Wildman–Crippen LogP) is 2.84. The molecular formula is C15H22BrClN2O2. The van der Waals surface area contributed by atoms with Gasteiger partial charge in [0, 0.05) is 29.7 Å². The molecule has 0 radical (unpaired) electrons. The summed E-state index contributed by atoms with van der Waals surface area (Å²) in [5, 5.41) is 0. The zero-order valence-corrected chi connectivity index (χ0v) is 14.4. The van der Waals surface area contributed by atoms with Crippen LogP contribution in [0.2, 0.25) is 0 Å². The molecule has 0 atom stereocenters. The molecule has 0 unspecified atom stereocenters. The van der Waals surface area contributed by atoms with Gasteiger partial charge in [-0.1, -0.05) is 15.9 Å². The fraction of sp³-hybridized carbons (Fsp3) is 0.533. The first-order chi connectivity index (χ1) is 9.70. The van der Waals surface area contributed by atoms with Crippen LogP contribution in [0, 0.1) is 0 Å². The summed E-state index contributed by atoms with van der Waals surface area (Å²) < 4.78 is 6.74. The van der Waals surface area contributed by atoms with Crippen LogP contribution in [0.25, 0.3) is 0 Å². The Bertz CT molecular complexity index is 434. The van der Waals surface area contributed by atoms with Gasteiger partial charge in [-0.05, 0) is 50.1 Å². The summed E-state index contributed by atoms with van der Waals surface area (Å²) in [6.45, 7) is 2.92. The summed E-state index contributed by atoms with van der Waals surface area (Å²) in [7, 11) is 0. The first-order valence-corrected chi connectivity index (χ1v) is 7.86. The summed E-state index contributed by atoms with van der Waals surface area (Å²) in [4.78, 5) is 14.2. The predicted molar refractivity (Wildman–Crippen MR) is 89.9 cm³/mol. The molecule has 1 aromatic carbocycles. The lowest BCUT2D eigenvalue weighted by Crippen LogP contribution is -2.41. The lowest BCUT2D eigenvalue weighted by atomic mass is 10.1. The Hall–Kier alpha value is -0.620. The Morgan fingerprint density at radius 1 is 1.29 bits per heavy atom. The van der Waals surface area contributed by atoms with Crippen molar-refractivity contribution in [2.75, 3.05) is 26.2 Å². The minimum atomic E-state index is 0. The lowest BCUT2D eigenvalue weighted by molar-refractivity contribution is 0.00845. The number of nitrogens with two attached hydrogens (primary N) is 1. The van der Waals surface area contributed by atoms with Crippen LogP contribution in [0.5, 0.6) is 0 Å². The number of hydrogen-bond acceptors (Lipinski definition) is 3. The first-order valence-electron chi connectivity index (χ1n) is 7.07. The van der Waals surface area contributed by atoms with Gasteiger partial charge in [0.15, 0.2) is 0 Å². The minimum Gasteiger partial charge on any atom is -0.378 e. The third kappa shape index (κ3) is 5.58. The van der Waals surface area contributed by atoms with Crippen molar-refractivity contribution in [2.45, 2.75) is 25.4 Å². The summed E-state index contributed by atoms with van der Waals surface area (Å²) >= 11 is 3.38. The molecule has 1 aliphatic heterocycles. The van der Waals surface area contributed by atoms with E-state index in [0.29, 0.717) is 6.54 Å². The van der Waals surface area contributed by atoms with E-state index in [1.807, 2.05) is 29.2 Å². The van der Waals surface area contributed by atoms with Crippen molar-refractivity contribution in [3.8, 4) is 0 Å². The molecule has 1 fully saturated rings. The number of nitrogens with zero attached hydrogens (tertiary/aromatic N) is 1. The molecule has 21 heavy (non-hydrogen) atoms. The fourth-order valence-electron chi connectivity index (χ4n) is 2.33. The van der Waals surface area contributed by atoms with Crippen molar-refractivity contribution in [3.63, 3.8) is 0 Å². The number of amides is 1. The molecule has 2 N–H and O–H groups in total. The lowest BCUT2D eigenvalue weighted by Gasteiger charge is -2.32. The van der Waals surface area contributed by atoms with Crippen molar-refractivity contribution in [2.24, 2.45) is 5.73 Å². The van der Waals surface area contributed by atoms with Crippen molar-refractivity contribution in [1.29, 1.82) is 0 Å². The van der Waals surface area contributed by atoms with Crippen LogP contribution in [-0.2, 0) is 4.74 Å². The Kier molecular flexibility index (Phi) is 8.26. The maximum absolute atomic E-state index is 12.3. The quantitative estimate of drug-likeness (QED) is 0.803. The minimum absolute atomic E-state index is 0. The SMILES string of the molecule is Cl.NCCCOC1CCN(C(=O)c2ccc(Br)cc2)CC1. The number of benzene rings is 1. The molecule has 0 bridgehead atoms. The van der Waals surface area contributed by atoms with Crippen molar-refractivity contribution in [1.82, 2.24) is 4.90 Å². The molecular weight excluding hydrogens is 356 g/mol. The van der Waals surface area contributed by atoms with Crippen LogP contribution < -0.4 is 5.73 Å². The molecule has 0 spiro atoms. The third-order valence-corrected chi connectivity index (χ3v) is 4.05. The van der Waals surface area contributed by atoms with Gasteiger partial charge in [-0.15, -0.1) is 12.4 Å². The van der Waals surface area contributed by atoms with E-state index in [-0.39, 0.29) is 24.4 Å². The summed E-state index contributed by atoms with van der Waals surface area (Å²) in [5.41, 5.74) is 6.19. The summed E-state index contributed by atoms with van der Waals surface area (Å²) in [6.07, 6.45) is 2.99. The van der Waals surface area contributed by atoms with E-state index in [1.54, 1.807) is 0 Å². The van der Waals surface area contributed by atoms with E-state index < -0.39 is 0 Å². The number of likely N-dealkylation sites (tertiary alicyclic amines) is 1. The maximum Gasteiger partial charge on any atom is 0.253 e. The molecule has 1 aromatic rings. The Balaban J connectivity index is 0.00000220. The van der Waals surface area contributed by atoms with Gasteiger partial charge in [0.1, 0.15) is 0 Å². The highest BCUT2D eigenvalue weighted by molar-refractivity contribution is 9.10. The monoisotopic (exact) mass is 376 g/mol. The van der Waals surface area contributed by atoms with E-state index in [2.05, 4.69) is 15.9 Å². The van der Waals surface area contributed by atoms with E-state index >= 15 is 0 Å². The van der Waals surface area contributed by atoms with Gasteiger partial charge >= 0.3 is 0 Å². The van der Waals surface area contributed by atoms with Crippen LogP contribution in [0.1, 0.15) is 29.6 Å². The summed E-state index contributed by atoms with van der Waals surface area (Å²) in [5.74, 6) is 0.109. The molecule has 1 amide bonds. The Morgan fingerprint density at radius 2 is 1.90 bits per heavy atom. The van der Waals surface area contributed by atoms with Crippen LogP contribution in [0.3, 0.4) is 0 Å². The highest BCUT2D eigenvalue weighted by atomic mass is 79.9. The van der Waals surface area contributed by atoms with E-state index in [0.717, 1.165) is 49.0 Å². The third-order valence-electron chi connectivity index (χ3n) is 3.52. The topological polar surface area (TPSA) is 55.6 Å². The zero-order valence-electron chi connectivity index (χ0n) is 12.0. The van der Waals surface area contributed by atoms with E-state index in [4.69, 9.17) is 10.5 Å². The van der Waals surface area contributed by atoms with Gasteiger partial charge in [0.2, 0.25) is 0 Å². The normalized spacial score (nSPS) is 15.6. The number of ether oxygens (including phenoxy) is 1. The van der Waals surface area contributed by atoms with Crippen LogP contribution >= 0.6 is 28.3 Å². The smallest absolute Gasteiger partial charge is 0.253 e. The highest BCUT2D eigenvalue weighted by Crippen LogP contribution is 2.18. The molecule has 0 aliphatic carbocycles. The average molecular weight is 378 g/mol. The Labute approximate surface area is 140 Å². The summed E-state index contributed by atoms with van der Waals surface area (Å²) in [6, 6.07) is 7.51. The van der Waals surface area contributed by atoms with Crippen molar-refractivity contribution in [3.05, 3.63) is 34.3 Å². The number of rotatable bonds is 5. The molecule has 4 nitrogen and oxygen atoms in total. The number of carbonyl (C=O) groups is 1. The largest absolute Gasteiger partial charge is 0.378 e. The second-order valence-corrected chi connectivity index (χ2v) is 5.93. The van der Waals surface area contributed by atoms with Crippen molar-refractivity contribution >= 4 is 34.2 Å². The maximum atomic E-state index is 12.3. The average Bonchev–Trinajstić information content (AvgIpc) is 2.48. The van der Waals surface area contributed by atoms with E-state index in [1.165, 1.54) is 0 Å². The molecule has 0 aromatic heterocycles. The Morgan fingerprint density at radius 3 is 2.48 bits per heavy atom. The second-order valence-electron chi connectivity index (χ2n) is 5.01.